The first-order valence-corrected chi connectivity index (χ1v) is 11.8. The number of urea groups is 1. The summed E-state index contributed by atoms with van der Waals surface area (Å²) in [6.07, 6.45) is 0.374. The smallest absolute Gasteiger partial charge is 0.344 e. The third kappa shape index (κ3) is 4.54. The molecule has 0 radical (unpaired) electrons. The molecule has 3 aliphatic rings. The number of nitrogens with one attached hydrogen (secondary N) is 2. The van der Waals surface area contributed by atoms with Crippen molar-refractivity contribution in [3.63, 3.8) is 0 Å². The minimum absolute atomic E-state index is 0.111. The number of carbonyl (C=O) groups is 3. The number of piperazine rings is 1. The number of amides is 4. The fourth-order valence-corrected chi connectivity index (χ4v) is 4.80. The predicted octanol–water partition coefficient (Wildman–Crippen LogP) is 1.42. The van der Waals surface area contributed by atoms with Crippen LogP contribution < -0.4 is 20.2 Å². The van der Waals surface area contributed by atoms with Gasteiger partial charge >= 0.3 is 6.03 Å². The van der Waals surface area contributed by atoms with Crippen LogP contribution in [0.4, 0.5) is 4.79 Å². The van der Waals surface area contributed by atoms with Crippen LogP contribution in [0.15, 0.2) is 48.5 Å². The van der Waals surface area contributed by atoms with Gasteiger partial charge in [0.2, 0.25) is 6.79 Å². The van der Waals surface area contributed by atoms with Crippen molar-refractivity contribution < 1.29 is 23.9 Å². The van der Waals surface area contributed by atoms with Crippen LogP contribution in [0.3, 0.4) is 0 Å². The summed E-state index contributed by atoms with van der Waals surface area (Å²) in [5.41, 5.74) is 3.18. The predicted molar refractivity (Wildman–Crippen MR) is 126 cm³/mol. The number of hydrogen-bond acceptors (Lipinski definition) is 7. The highest BCUT2D eigenvalue weighted by Crippen LogP contribution is 2.33. The number of imide groups is 1. The van der Waals surface area contributed by atoms with Crippen LogP contribution in [-0.4, -0.2) is 72.2 Å². The van der Waals surface area contributed by atoms with E-state index in [1.54, 1.807) is 12.1 Å². The summed E-state index contributed by atoms with van der Waals surface area (Å²) < 4.78 is 10.8. The van der Waals surface area contributed by atoms with E-state index in [1.807, 2.05) is 48.2 Å². The lowest BCUT2D eigenvalue weighted by Crippen LogP contribution is -2.53. The molecule has 184 valence electrons. The maximum absolute atomic E-state index is 13.2. The van der Waals surface area contributed by atoms with Crippen molar-refractivity contribution >= 4 is 17.8 Å². The number of hydrogen-bond donors (Lipinski definition) is 2. The van der Waals surface area contributed by atoms with Gasteiger partial charge in [0.05, 0.1) is 6.54 Å². The minimum atomic E-state index is -1.17. The Morgan fingerprint density at radius 2 is 1.71 bits per heavy atom. The second kappa shape index (κ2) is 9.55. The van der Waals surface area contributed by atoms with Crippen LogP contribution in [0.1, 0.15) is 24.5 Å². The average molecular weight is 480 g/mol. The Labute approximate surface area is 203 Å². The Balaban J connectivity index is 1.13. The third-order valence-corrected chi connectivity index (χ3v) is 6.80. The molecular formula is C25H29N5O5. The van der Waals surface area contributed by atoms with Crippen molar-refractivity contribution in [1.82, 2.24) is 25.6 Å². The molecule has 2 N–H and O–H groups in total. The lowest BCUT2D eigenvalue weighted by atomic mass is 9.87. The van der Waals surface area contributed by atoms with Crippen LogP contribution in [0, 0.1) is 0 Å². The molecule has 10 heteroatoms. The Kier molecular flexibility index (Phi) is 6.31. The van der Waals surface area contributed by atoms with Crippen LogP contribution in [0.2, 0.25) is 0 Å². The summed E-state index contributed by atoms with van der Waals surface area (Å²) in [7, 11) is 0. The molecule has 0 bridgehead atoms. The van der Waals surface area contributed by atoms with Gasteiger partial charge in [0.25, 0.3) is 11.8 Å². The quantitative estimate of drug-likeness (QED) is 0.579. The number of rotatable bonds is 7. The van der Waals surface area contributed by atoms with Crippen LogP contribution in [0.25, 0.3) is 0 Å². The van der Waals surface area contributed by atoms with Crippen molar-refractivity contribution in [2.45, 2.75) is 25.4 Å². The van der Waals surface area contributed by atoms with Gasteiger partial charge in [0.1, 0.15) is 5.54 Å². The zero-order valence-electron chi connectivity index (χ0n) is 19.7. The summed E-state index contributed by atoms with van der Waals surface area (Å²) in [5, 5.41) is 3.59. The second-order valence-corrected chi connectivity index (χ2v) is 8.97. The highest BCUT2D eigenvalue weighted by molar-refractivity contribution is 6.08. The molecule has 35 heavy (non-hydrogen) atoms. The van der Waals surface area contributed by atoms with Gasteiger partial charge in [-0.05, 0) is 29.7 Å². The molecule has 5 rings (SSSR count). The normalized spacial score (nSPS) is 22.4. The van der Waals surface area contributed by atoms with E-state index in [0.29, 0.717) is 25.1 Å². The molecule has 0 aromatic heterocycles. The molecule has 3 aliphatic heterocycles. The number of benzene rings is 2. The third-order valence-electron chi connectivity index (χ3n) is 6.80. The number of hydrazine groups is 1. The van der Waals surface area contributed by atoms with Gasteiger partial charge in [-0.2, -0.15) is 5.01 Å². The summed E-state index contributed by atoms with van der Waals surface area (Å²) in [5.74, 6) is 0.683. The molecule has 1 atom stereocenters. The molecule has 2 fully saturated rings. The van der Waals surface area contributed by atoms with Crippen LogP contribution in [-0.2, 0) is 21.7 Å². The van der Waals surface area contributed by atoms with E-state index >= 15 is 0 Å². The van der Waals surface area contributed by atoms with Crippen molar-refractivity contribution in [3.05, 3.63) is 59.7 Å². The van der Waals surface area contributed by atoms with E-state index in [0.717, 1.165) is 41.7 Å². The Morgan fingerprint density at radius 1 is 1.00 bits per heavy atom. The van der Waals surface area contributed by atoms with Gasteiger partial charge in [-0.15, -0.1) is 0 Å². The first-order valence-electron chi connectivity index (χ1n) is 11.8. The van der Waals surface area contributed by atoms with Gasteiger partial charge in [-0.1, -0.05) is 43.3 Å². The number of fused-ring (bicyclic) bond motifs is 1. The van der Waals surface area contributed by atoms with E-state index in [1.165, 1.54) is 0 Å². The highest BCUT2D eigenvalue weighted by atomic mass is 16.7. The fourth-order valence-electron chi connectivity index (χ4n) is 4.80. The van der Waals surface area contributed by atoms with E-state index in [9.17, 15) is 14.4 Å². The summed E-state index contributed by atoms with van der Waals surface area (Å²) in [6.45, 7) is 6.02. The standard InChI is InChI=1S/C25H29N5O5/c1-2-25(19-6-4-3-5-7-19)23(32)30(24(33)26-25)27-22(31)16-29-12-10-28(11-13-29)15-18-8-9-20-21(14-18)35-17-34-20/h3-9,14H,2,10-13,15-17H2,1H3,(H,26,33)(H,27,31)/t25-/m1/s1. The maximum Gasteiger partial charge on any atom is 0.344 e. The molecule has 3 heterocycles. The van der Waals surface area contributed by atoms with E-state index < -0.39 is 23.4 Å². The average Bonchev–Trinajstić information content (AvgIpc) is 3.44. The summed E-state index contributed by atoms with van der Waals surface area (Å²) >= 11 is 0. The Hall–Kier alpha value is -3.63. The molecule has 0 saturated carbocycles. The second-order valence-electron chi connectivity index (χ2n) is 8.97. The molecule has 4 amide bonds. The van der Waals surface area contributed by atoms with E-state index in [4.69, 9.17) is 9.47 Å². The maximum atomic E-state index is 13.2. The van der Waals surface area contributed by atoms with Gasteiger partial charge in [0.15, 0.2) is 11.5 Å². The van der Waals surface area contributed by atoms with Gasteiger partial charge in [-0.25, -0.2) is 4.79 Å². The fraction of sp³-hybridized carbons (Fsp3) is 0.400. The summed E-state index contributed by atoms with van der Waals surface area (Å²) in [4.78, 5) is 42.8. The van der Waals surface area contributed by atoms with Crippen molar-refractivity contribution in [2.75, 3.05) is 39.5 Å². The molecule has 10 nitrogen and oxygen atoms in total. The first-order chi connectivity index (χ1) is 17.0. The molecule has 0 aliphatic carbocycles. The zero-order chi connectivity index (χ0) is 24.4. The SMILES string of the molecule is CC[C@]1(c2ccccc2)NC(=O)N(NC(=O)CN2CCN(Cc3ccc4c(c3)OCO4)CC2)C1=O. The van der Waals surface area contributed by atoms with E-state index in [-0.39, 0.29) is 13.3 Å². The minimum Gasteiger partial charge on any atom is -0.454 e. The topological polar surface area (TPSA) is 103 Å². The van der Waals surface area contributed by atoms with Crippen LogP contribution in [0.5, 0.6) is 11.5 Å². The molecule has 0 spiro atoms. The monoisotopic (exact) mass is 479 g/mol. The largest absolute Gasteiger partial charge is 0.454 e. The van der Waals surface area contributed by atoms with Gasteiger partial charge in [0, 0.05) is 32.7 Å². The van der Waals surface area contributed by atoms with Crippen molar-refractivity contribution in [2.24, 2.45) is 0 Å². The number of nitrogens with zero attached hydrogens (tertiary/aromatic N) is 3. The lowest BCUT2D eigenvalue weighted by molar-refractivity contribution is -0.140. The molecule has 0 unspecified atom stereocenters. The van der Waals surface area contributed by atoms with Crippen LogP contribution >= 0.6 is 0 Å². The van der Waals surface area contributed by atoms with Gasteiger partial charge < -0.3 is 14.8 Å². The lowest BCUT2D eigenvalue weighted by Gasteiger charge is -2.34. The molecule has 2 saturated heterocycles. The van der Waals surface area contributed by atoms with Crippen molar-refractivity contribution in [1.29, 1.82) is 0 Å². The highest BCUT2D eigenvalue weighted by Gasteiger charge is 2.52. The molecular weight excluding hydrogens is 450 g/mol. The number of carbonyl (C=O) groups excluding carboxylic acids is 3. The summed E-state index contributed by atoms with van der Waals surface area (Å²) in [6, 6.07) is 14.4. The number of ether oxygens (including phenoxy) is 2. The van der Waals surface area contributed by atoms with Gasteiger partial charge in [-0.3, -0.25) is 24.8 Å². The van der Waals surface area contributed by atoms with E-state index in [2.05, 4.69) is 15.6 Å². The molecule has 2 aromatic rings. The molecule has 2 aromatic carbocycles. The Bertz CT molecular complexity index is 1120. The first kappa shape index (κ1) is 23.1. The van der Waals surface area contributed by atoms with Crippen molar-refractivity contribution in [3.8, 4) is 11.5 Å². The zero-order valence-corrected chi connectivity index (χ0v) is 19.7. The Morgan fingerprint density at radius 3 is 2.46 bits per heavy atom.